The highest BCUT2D eigenvalue weighted by Gasteiger charge is 2.49. The lowest BCUT2D eigenvalue weighted by Gasteiger charge is -2.51. The highest BCUT2D eigenvalue weighted by atomic mass is 16.5. The second-order valence-corrected chi connectivity index (χ2v) is 7.55. The van der Waals surface area contributed by atoms with Gasteiger partial charge in [-0.2, -0.15) is 0 Å². The number of quaternary nitrogens is 1. The summed E-state index contributed by atoms with van der Waals surface area (Å²) in [4.78, 5) is 1.35. The average molecular weight is 274 g/mol. The first-order valence-corrected chi connectivity index (χ1v) is 7.39. The lowest BCUT2D eigenvalue weighted by molar-refractivity contribution is -1.00. The highest BCUT2D eigenvalue weighted by molar-refractivity contribution is 4.86. The first-order chi connectivity index (χ1) is 8.54. The van der Waals surface area contributed by atoms with E-state index >= 15 is 0 Å². The topological polar surface area (TPSA) is 54.1 Å². The molecule has 0 aliphatic carbocycles. The van der Waals surface area contributed by atoms with Crippen LogP contribution in [0.25, 0.3) is 0 Å². The quantitative estimate of drug-likeness (QED) is 0.679. The zero-order chi connectivity index (χ0) is 14.8. The van der Waals surface area contributed by atoms with E-state index in [9.17, 15) is 10.2 Å². The summed E-state index contributed by atoms with van der Waals surface area (Å²) in [6.07, 6.45) is 1.02. The molecule has 0 amide bonds. The zero-order valence-electron chi connectivity index (χ0n) is 13.4. The van der Waals surface area contributed by atoms with E-state index in [2.05, 4.69) is 27.7 Å². The van der Waals surface area contributed by atoms with E-state index in [0.29, 0.717) is 13.2 Å². The Bertz CT molecular complexity index is 271. The lowest BCUT2D eigenvalue weighted by atomic mass is 9.78. The summed E-state index contributed by atoms with van der Waals surface area (Å²) in [6.45, 7) is 13.7. The lowest BCUT2D eigenvalue weighted by Crippen LogP contribution is -3.27. The molecule has 1 atom stereocenters. The molecule has 1 fully saturated rings. The number of aliphatic hydroxyl groups is 2. The smallest absolute Gasteiger partial charge is 0.126 e. The summed E-state index contributed by atoms with van der Waals surface area (Å²) in [5, 5.41) is 20.2. The number of ether oxygens (including phenoxy) is 1. The SMILES string of the molecule is CC(C)OC[C@H](O)C[NH+]1C(C)(C)CC(O)CC1(C)C. The Balaban J connectivity index is 2.67. The first-order valence-electron chi connectivity index (χ1n) is 7.39. The second kappa shape index (κ2) is 6.08. The second-order valence-electron chi connectivity index (χ2n) is 7.55. The van der Waals surface area contributed by atoms with E-state index in [1.807, 2.05) is 13.8 Å². The van der Waals surface area contributed by atoms with Gasteiger partial charge in [0.25, 0.3) is 0 Å². The van der Waals surface area contributed by atoms with Crippen molar-refractivity contribution in [3.05, 3.63) is 0 Å². The maximum Gasteiger partial charge on any atom is 0.126 e. The fraction of sp³-hybridized carbons (Fsp3) is 1.00. The molecule has 1 aliphatic heterocycles. The maximum atomic E-state index is 10.2. The summed E-state index contributed by atoms with van der Waals surface area (Å²) >= 11 is 0. The minimum absolute atomic E-state index is 0.0278. The van der Waals surface area contributed by atoms with Crippen LogP contribution in [0.2, 0.25) is 0 Å². The molecule has 0 aromatic carbocycles. The average Bonchev–Trinajstić information content (AvgIpc) is 2.18. The molecule has 0 spiro atoms. The zero-order valence-corrected chi connectivity index (χ0v) is 13.4. The molecule has 1 saturated heterocycles. The van der Waals surface area contributed by atoms with Gasteiger partial charge in [0, 0.05) is 12.8 Å². The molecular weight excluding hydrogens is 242 g/mol. The summed E-state index contributed by atoms with van der Waals surface area (Å²) in [7, 11) is 0. The number of nitrogens with one attached hydrogen (secondary N) is 1. The van der Waals surface area contributed by atoms with Gasteiger partial charge < -0.3 is 19.8 Å². The van der Waals surface area contributed by atoms with Crippen LogP contribution in [-0.2, 0) is 4.74 Å². The van der Waals surface area contributed by atoms with Crippen molar-refractivity contribution >= 4 is 0 Å². The van der Waals surface area contributed by atoms with Crippen molar-refractivity contribution in [1.82, 2.24) is 0 Å². The van der Waals surface area contributed by atoms with Gasteiger partial charge in [-0.25, -0.2) is 0 Å². The van der Waals surface area contributed by atoms with E-state index in [1.165, 1.54) is 4.90 Å². The van der Waals surface area contributed by atoms with Crippen LogP contribution in [0.15, 0.2) is 0 Å². The van der Waals surface area contributed by atoms with Crippen LogP contribution in [0.3, 0.4) is 0 Å². The van der Waals surface area contributed by atoms with E-state index in [1.54, 1.807) is 0 Å². The fourth-order valence-electron chi connectivity index (χ4n) is 3.56. The Kier molecular flexibility index (Phi) is 5.41. The van der Waals surface area contributed by atoms with Crippen LogP contribution in [0, 0.1) is 0 Å². The van der Waals surface area contributed by atoms with Crippen molar-refractivity contribution in [2.45, 2.75) is 83.8 Å². The fourth-order valence-corrected chi connectivity index (χ4v) is 3.56. The molecule has 0 aromatic rings. The van der Waals surface area contributed by atoms with Gasteiger partial charge in [0.2, 0.25) is 0 Å². The maximum absolute atomic E-state index is 10.2. The Labute approximate surface area is 117 Å². The minimum atomic E-state index is -0.453. The van der Waals surface area contributed by atoms with E-state index in [0.717, 1.165) is 12.8 Å². The normalized spacial score (nSPS) is 31.4. The number of piperidine rings is 1. The van der Waals surface area contributed by atoms with Crippen LogP contribution < -0.4 is 4.90 Å². The van der Waals surface area contributed by atoms with Crippen molar-refractivity contribution in [3.8, 4) is 0 Å². The molecule has 4 heteroatoms. The Morgan fingerprint density at radius 2 is 1.63 bits per heavy atom. The van der Waals surface area contributed by atoms with Crippen molar-refractivity contribution in [3.63, 3.8) is 0 Å². The minimum Gasteiger partial charge on any atom is -0.393 e. The van der Waals surface area contributed by atoms with E-state index < -0.39 is 6.10 Å². The van der Waals surface area contributed by atoms with Gasteiger partial charge in [-0.05, 0) is 41.5 Å². The van der Waals surface area contributed by atoms with Crippen molar-refractivity contribution in [2.75, 3.05) is 13.2 Å². The molecule has 0 bridgehead atoms. The number of hydrogen-bond acceptors (Lipinski definition) is 3. The molecule has 4 nitrogen and oxygen atoms in total. The van der Waals surface area contributed by atoms with Crippen LogP contribution in [0.4, 0.5) is 0 Å². The predicted octanol–water partition coefficient (Wildman–Crippen LogP) is 0.369. The molecule has 0 aromatic heterocycles. The highest BCUT2D eigenvalue weighted by Crippen LogP contribution is 2.23. The number of aliphatic hydroxyl groups excluding tert-OH is 2. The van der Waals surface area contributed by atoms with Crippen LogP contribution in [0.5, 0.6) is 0 Å². The van der Waals surface area contributed by atoms with E-state index in [4.69, 9.17) is 4.74 Å². The third-order valence-electron chi connectivity index (χ3n) is 4.19. The number of hydrogen-bond donors (Lipinski definition) is 3. The van der Waals surface area contributed by atoms with Gasteiger partial charge in [-0.1, -0.05) is 0 Å². The molecular formula is C15H32NO3+. The van der Waals surface area contributed by atoms with Crippen molar-refractivity contribution in [2.24, 2.45) is 0 Å². The third-order valence-corrected chi connectivity index (χ3v) is 4.19. The predicted molar refractivity (Wildman–Crippen MR) is 76.3 cm³/mol. The molecule has 19 heavy (non-hydrogen) atoms. The van der Waals surface area contributed by atoms with Crippen LogP contribution in [0.1, 0.15) is 54.4 Å². The van der Waals surface area contributed by atoms with Crippen LogP contribution >= 0.6 is 0 Å². The van der Waals surface area contributed by atoms with Crippen molar-refractivity contribution < 1.29 is 19.8 Å². The largest absolute Gasteiger partial charge is 0.393 e. The van der Waals surface area contributed by atoms with Gasteiger partial charge in [0.1, 0.15) is 12.6 Å². The van der Waals surface area contributed by atoms with Crippen LogP contribution in [-0.4, -0.2) is 52.8 Å². The molecule has 1 aliphatic rings. The Morgan fingerprint density at radius 3 is 2.05 bits per heavy atom. The summed E-state index contributed by atoms with van der Waals surface area (Å²) in [6, 6.07) is 0. The molecule has 0 unspecified atom stereocenters. The molecule has 1 heterocycles. The summed E-state index contributed by atoms with van der Waals surface area (Å²) in [5.41, 5.74) is -0.0556. The van der Waals surface area contributed by atoms with Gasteiger partial charge in [-0.3, -0.25) is 0 Å². The molecule has 0 radical (unpaired) electrons. The van der Waals surface area contributed by atoms with Crippen molar-refractivity contribution in [1.29, 1.82) is 0 Å². The van der Waals surface area contributed by atoms with Gasteiger partial charge in [0.15, 0.2) is 0 Å². The monoisotopic (exact) mass is 274 g/mol. The van der Waals surface area contributed by atoms with E-state index in [-0.39, 0.29) is 23.3 Å². The molecule has 3 N–H and O–H groups in total. The summed E-state index contributed by atoms with van der Waals surface area (Å²) < 4.78 is 5.49. The molecule has 114 valence electrons. The van der Waals surface area contributed by atoms with Gasteiger partial charge in [-0.15, -0.1) is 0 Å². The molecule has 0 saturated carbocycles. The summed E-state index contributed by atoms with van der Waals surface area (Å²) in [5.74, 6) is 0. The number of rotatable bonds is 5. The number of likely N-dealkylation sites (tertiary alicyclic amines) is 1. The first kappa shape index (κ1) is 16.9. The van der Waals surface area contributed by atoms with Gasteiger partial charge in [0.05, 0.1) is 29.9 Å². The van der Waals surface area contributed by atoms with Gasteiger partial charge >= 0.3 is 0 Å². The third kappa shape index (κ3) is 4.71. The Morgan fingerprint density at radius 1 is 1.16 bits per heavy atom. The Hall–Kier alpha value is -0.160. The molecule has 1 rings (SSSR count). The standard InChI is InChI=1S/C15H31NO3/c1-11(2)19-10-13(18)9-16-14(3,4)7-12(17)8-15(16,5)6/h11-13,17-18H,7-10H2,1-6H3/p+1/t13-/m1/s1.